The molecule has 0 amide bonds. The molecule has 1 N–H and O–H groups in total. The number of rotatable bonds is 2. The quantitative estimate of drug-likeness (QED) is 0.833. The minimum Gasteiger partial charge on any atom is -0.342 e. The topological polar surface area (TPSA) is 54.5 Å². The molecule has 0 saturated heterocycles. The fourth-order valence-electron chi connectivity index (χ4n) is 1.12. The van der Waals surface area contributed by atoms with Crippen molar-refractivity contribution in [3.63, 3.8) is 0 Å². The van der Waals surface area contributed by atoms with Gasteiger partial charge in [0.25, 0.3) is 0 Å². The zero-order valence-corrected chi connectivity index (χ0v) is 9.24. The highest BCUT2D eigenvalue weighted by atomic mass is 79.9. The molecule has 4 nitrogen and oxygen atoms in total. The Balaban J connectivity index is 2.43. The first-order valence-electron chi connectivity index (χ1n) is 4.19. The van der Waals surface area contributed by atoms with Gasteiger partial charge in [-0.2, -0.15) is 0 Å². The van der Waals surface area contributed by atoms with Crippen molar-refractivity contribution in [2.45, 2.75) is 12.3 Å². The van der Waals surface area contributed by atoms with Crippen molar-refractivity contribution in [2.75, 3.05) is 0 Å². The van der Waals surface area contributed by atoms with Gasteiger partial charge in [-0.05, 0) is 6.92 Å². The second-order valence-corrected chi connectivity index (χ2v) is 3.44. The summed E-state index contributed by atoms with van der Waals surface area (Å²) in [6.07, 6.45) is 5.26. The van der Waals surface area contributed by atoms with Gasteiger partial charge < -0.3 is 4.98 Å². The van der Waals surface area contributed by atoms with Crippen LogP contribution in [0.5, 0.6) is 0 Å². The number of aromatic amines is 1. The van der Waals surface area contributed by atoms with Crippen LogP contribution >= 0.6 is 15.9 Å². The minimum absolute atomic E-state index is 0.636. The van der Waals surface area contributed by atoms with Gasteiger partial charge in [0.05, 0.1) is 0 Å². The molecule has 0 aromatic carbocycles. The lowest BCUT2D eigenvalue weighted by Crippen LogP contribution is -1.96. The van der Waals surface area contributed by atoms with Gasteiger partial charge in [0.15, 0.2) is 11.6 Å². The molecule has 0 bridgehead atoms. The molecule has 2 aromatic rings. The molecule has 0 unspecified atom stereocenters. The standard InChI is InChI=1S/C9H9BrN4/c1-6-7(4-10)5-13-9(14-6)8-11-2-3-12-8/h2-3,5H,4H2,1H3,(H,11,12). The highest BCUT2D eigenvalue weighted by molar-refractivity contribution is 9.08. The van der Waals surface area contributed by atoms with Crippen molar-refractivity contribution in [3.05, 3.63) is 29.8 Å². The Bertz CT molecular complexity index is 424. The molecule has 14 heavy (non-hydrogen) atoms. The third-order valence-electron chi connectivity index (χ3n) is 1.93. The maximum atomic E-state index is 4.35. The zero-order valence-electron chi connectivity index (χ0n) is 7.66. The number of alkyl halides is 1. The second-order valence-electron chi connectivity index (χ2n) is 2.88. The molecule has 2 aromatic heterocycles. The first-order valence-corrected chi connectivity index (χ1v) is 5.31. The third kappa shape index (κ3) is 1.68. The number of aryl methyl sites for hydroxylation is 1. The van der Waals surface area contributed by atoms with E-state index in [1.807, 2.05) is 13.1 Å². The van der Waals surface area contributed by atoms with Crippen LogP contribution in [0.25, 0.3) is 11.6 Å². The number of H-pyrrole nitrogens is 1. The molecule has 0 radical (unpaired) electrons. The summed E-state index contributed by atoms with van der Waals surface area (Å²) in [5, 5.41) is 0.775. The van der Waals surface area contributed by atoms with Gasteiger partial charge in [0, 0.05) is 35.2 Å². The summed E-state index contributed by atoms with van der Waals surface area (Å²) in [5.74, 6) is 1.34. The lowest BCUT2D eigenvalue weighted by Gasteiger charge is -2.01. The van der Waals surface area contributed by atoms with Crippen molar-refractivity contribution in [1.82, 2.24) is 19.9 Å². The SMILES string of the molecule is Cc1nc(-c2ncc[nH]2)ncc1CBr. The van der Waals surface area contributed by atoms with E-state index in [0.717, 1.165) is 16.6 Å². The predicted octanol–water partition coefficient (Wildman–Crippen LogP) is 2.07. The van der Waals surface area contributed by atoms with E-state index in [4.69, 9.17) is 0 Å². The molecule has 72 valence electrons. The van der Waals surface area contributed by atoms with Crippen LogP contribution in [0.2, 0.25) is 0 Å². The summed E-state index contributed by atoms with van der Waals surface area (Å²) in [6.45, 7) is 1.96. The van der Waals surface area contributed by atoms with E-state index in [0.29, 0.717) is 11.6 Å². The molecule has 0 atom stereocenters. The molecule has 2 heterocycles. The number of nitrogens with zero attached hydrogens (tertiary/aromatic N) is 3. The maximum Gasteiger partial charge on any atom is 0.195 e. The van der Waals surface area contributed by atoms with Crippen molar-refractivity contribution < 1.29 is 0 Å². The number of nitrogens with one attached hydrogen (secondary N) is 1. The van der Waals surface area contributed by atoms with E-state index in [1.54, 1.807) is 12.4 Å². The van der Waals surface area contributed by atoms with Crippen LogP contribution in [0.4, 0.5) is 0 Å². The highest BCUT2D eigenvalue weighted by Gasteiger charge is 2.05. The van der Waals surface area contributed by atoms with Crippen LogP contribution < -0.4 is 0 Å². The Morgan fingerprint density at radius 3 is 2.86 bits per heavy atom. The van der Waals surface area contributed by atoms with Crippen LogP contribution in [0.3, 0.4) is 0 Å². The zero-order chi connectivity index (χ0) is 9.97. The average Bonchev–Trinajstić information content (AvgIpc) is 2.70. The van der Waals surface area contributed by atoms with Gasteiger partial charge in [-0.25, -0.2) is 15.0 Å². The molecule has 5 heteroatoms. The summed E-state index contributed by atoms with van der Waals surface area (Å²) in [6, 6.07) is 0. The molecule has 0 saturated carbocycles. The molecule has 0 aliphatic heterocycles. The Kier molecular flexibility index (Phi) is 2.58. The molecule has 2 rings (SSSR count). The third-order valence-corrected chi connectivity index (χ3v) is 2.54. The van der Waals surface area contributed by atoms with Gasteiger partial charge >= 0.3 is 0 Å². The molecule has 0 aliphatic carbocycles. The summed E-state index contributed by atoms with van der Waals surface area (Å²) >= 11 is 3.38. The smallest absolute Gasteiger partial charge is 0.195 e. The highest BCUT2D eigenvalue weighted by Crippen LogP contribution is 2.13. The van der Waals surface area contributed by atoms with E-state index < -0.39 is 0 Å². The van der Waals surface area contributed by atoms with Crippen LogP contribution in [0, 0.1) is 6.92 Å². The molecule has 0 spiro atoms. The summed E-state index contributed by atoms with van der Waals surface area (Å²) in [4.78, 5) is 15.6. The van der Waals surface area contributed by atoms with Gasteiger partial charge in [-0.3, -0.25) is 0 Å². The molecular weight excluding hydrogens is 244 g/mol. The normalized spacial score (nSPS) is 10.4. The minimum atomic E-state index is 0.636. The summed E-state index contributed by atoms with van der Waals surface area (Å²) in [5.41, 5.74) is 2.07. The van der Waals surface area contributed by atoms with E-state index >= 15 is 0 Å². The van der Waals surface area contributed by atoms with E-state index in [2.05, 4.69) is 35.9 Å². The summed E-state index contributed by atoms with van der Waals surface area (Å²) < 4.78 is 0. The predicted molar refractivity (Wildman–Crippen MR) is 57.0 cm³/mol. The van der Waals surface area contributed by atoms with Gasteiger partial charge in [0.1, 0.15) is 0 Å². The number of hydrogen-bond donors (Lipinski definition) is 1. The maximum absolute atomic E-state index is 4.35. The fraction of sp³-hybridized carbons (Fsp3) is 0.222. The Labute approximate surface area is 90.0 Å². The van der Waals surface area contributed by atoms with Crippen molar-refractivity contribution in [1.29, 1.82) is 0 Å². The number of aromatic nitrogens is 4. The van der Waals surface area contributed by atoms with Crippen molar-refractivity contribution >= 4 is 15.9 Å². The summed E-state index contributed by atoms with van der Waals surface area (Å²) in [7, 11) is 0. The Morgan fingerprint density at radius 1 is 1.43 bits per heavy atom. The van der Waals surface area contributed by atoms with Crippen LogP contribution in [0.15, 0.2) is 18.6 Å². The monoisotopic (exact) mass is 252 g/mol. The molecule has 0 aliphatic rings. The molecule has 0 fully saturated rings. The van der Waals surface area contributed by atoms with Crippen molar-refractivity contribution in [2.24, 2.45) is 0 Å². The first kappa shape index (κ1) is 9.33. The van der Waals surface area contributed by atoms with E-state index in [1.165, 1.54) is 0 Å². The Morgan fingerprint density at radius 2 is 2.29 bits per heavy atom. The van der Waals surface area contributed by atoms with Gasteiger partial charge in [0.2, 0.25) is 0 Å². The van der Waals surface area contributed by atoms with E-state index in [-0.39, 0.29) is 0 Å². The average molecular weight is 253 g/mol. The van der Waals surface area contributed by atoms with Gasteiger partial charge in [-0.1, -0.05) is 15.9 Å². The lowest BCUT2D eigenvalue weighted by atomic mass is 10.3. The Hall–Kier alpha value is -1.23. The lowest BCUT2D eigenvalue weighted by molar-refractivity contribution is 1.04. The van der Waals surface area contributed by atoms with Crippen LogP contribution in [-0.4, -0.2) is 19.9 Å². The van der Waals surface area contributed by atoms with E-state index in [9.17, 15) is 0 Å². The van der Waals surface area contributed by atoms with Crippen LogP contribution in [0.1, 0.15) is 11.3 Å². The fourth-order valence-corrected chi connectivity index (χ4v) is 1.68. The van der Waals surface area contributed by atoms with Crippen LogP contribution in [-0.2, 0) is 5.33 Å². The number of hydrogen-bond acceptors (Lipinski definition) is 3. The number of imidazole rings is 1. The van der Waals surface area contributed by atoms with Gasteiger partial charge in [-0.15, -0.1) is 0 Å². The second kappa shape index (κ2) is 3.88. The largest absolute Gasteiger partial charge is 0.342 e. The number of halogens is 1. The van der Waals surface area contributed by atoms with Crippen molar-refractivity contribution in [3.8, 4) is 11.6 Å². The molecular formula is C9H9BrN4. The first-order chi connectivity index (χ1) is 6.81.